The molecule has 1 atom stereocenters. The molecule has 1 aromatic heterocycles. The SMILES string of the molecule is CCNc1ccnc(C(=O)NCC2(C)CCCS2)c1. The van der Waals surface area contributed by atoms with Crippen LogP contribution in [-0.4, -0.2) is 34.5 Å². The van der Waals surface area contributed by atoms with Crippen molar-refractivity contribution in [3.63, 3.8) is 0 Å². The van der Waals surface area contributed by atoms with Gasteiger partial charge in [0.2, 0.25) is 0 Å². The summed E-state index contributed by atoms with van der Waals surface area (Å²) in [5.41, 5.74) is 1.41. The molecule has 0 aliphatic carbocycles. The Morgan fingerprint density at radius 3 is 3.11 bits per heavy atom. The maximum atomic E-state index is 12.1. The van der Waals surface area contributed by atoms with Crippen LogP contribution in [0, 0.1) is 0 Å². The molecule has 0 bridgehead atoms. The molecule has 4 nitrogen and oxygen atoms in total. The quantitative estimate of drug-likeness (QED) is 0.869. The zero-order chi connectivity index (χ0) is 13.7. The average Bonchev–Trinajstić information content (AvgIpc) is 2.84. The molecule has 2 rings (SSSR count). The van der Waals surface area contributed by atoms with Crippen LogP contribution in [0.4, 0.5) is 5.69 Å². The van der Waals surface area contributed by atoms with Crippen LogP contribution in [0.3, 0.4) is 0 Å². The van der Waals surface area contributed by atoms with Crippen LogP contribution in [0.2, 0.25) is 0 Å². The summed E-state index contributed by atoms with van der Waals surface area (Å²) < 4.78 is 0.189. The molecule has 5 heteroatoms. The lowest BCUT2D eigenvalue weighted by Crippen LogP contribution is -2.37. The number of pyridine rings is 1. The van der Waals surface area contributed by atoms with E-state index in [1.165, 1.54) is 18.6 Å². The Bertz CT molecular complexity index is 444. The summed E-state index contributed by atoms with van der Waals surface area (Å²) in [7, 11) is 0. The zero-order valence-corrected chi connectivity index (χ0v) is 12.3. The van der Waals surface area contributed by atoms with E-state index in [-0.39, 0.29) is 10.7 Å². The van der Waals surface area contributed by atoms with E-state index >= 15 is 0 Å². The predicted octanol–water partition coefficient (Wildman–Crippen LogP) is 2.53. The standard InChI is InChI=1S/C14H21N3OS/c1-3-15-11-5-7-16-12(9-11)13(18)17-10-14(2)6-4-8-19-14/h5,7,9H,3-4,6,8,10H2,1-2H3,(H,15,16)(H,17,18). The average molecular weight is 279 g/mol. The summed E-state index contributed by atoms with van der Waals surface area (Å²) in [5, 5.41) is 6.18. The molecular weight excluding hydrogens is 258 g/mol. The van der Waals surface area contributed by atoms with Gasteiger partial charge in [-0.25, -0.2) is 0 Å². The largest absolute Gasteiger partial charge is 0.385 e. The van der Waals surface area contributed by atoms with Crippen molar-refractivity contribution < 1.29 is 4.79 Å². The highest BCUT2D eigenvalue weighted by molar-refractivity contribution is 8.00. The van der Waals surface area contributed by atoms with E-state index in [0.29, 0.717) is 12.2 Å². The predicted molar refractivity (Wildman–Crippen MR) is 80.8 cm³/mol. The van der Waals surface area contributed by atoms with Gasteiger partial charge >= 0.3 is 0 Å². The molecule has 2 N–H and O–H groups in total. The molecule has 0 radical (unpaired) electrons. The monoisotopic (exact) mass is 279 g/mol. The second-order valence-corrected chi connectivity index (χ2v) is 6.73. The minimum Gasteiger partial charge on any atom is -0.385 e. The fourth-order valence-corrected chi connectivity index (χ4v) is 3.45. The van der Waals surface area contributed by atoms with Gasteiger partial charge in [0, 0.05) is 29.7 Å². The third-order valence-corrected chi connectivity index (χ3v) is 4.84. The fourth-order valence-electron chi connectivity index (χ4n) is 2.20. The zero-order valence-electron chi connectivity index (χ0n) is 11.5. The van der Waals surface area contributed by atoms with Gasteiger partial charge in [-0.2, -0.15) is 11.8 Å². The Morgan fingerprint density at radius 2 is 2.42 bits per heavy atom. The fraction of sp³-hybridized carbons (Fsp3) is 0.571. The van der Waals surface area contributed by atoms with Gasteiger partial charge in [-0.15, -0.1) is 0 Å². The van der Waals surface area contributed by atoms with Crippen LogP contribution < -0.4 is 10.6 Å². The van der Waals surface area contributed by atoms with Gasteiger partial charge in [0.05, 0.1) is 0 Å². The van der Waals surface area contributed by atoms with Crippen LogP contribution in [0.1, 0.15) is 37.2 Å². The number of rotatable bonds is 5. The first-order chi connectivity index (χ1) is 9.13. The lowest BCUT2D eigenvalue weighted by Gasteiger charge is -2.22. The Morgan fingerprint density at radius 1 is 1.58 bits per heavy atom. The van der Waals surface area contributed by atoms with Crippen molar-refractivity contribution in [3.05, 3.63) is 24.0 Å². The Labute approximate surface area is 118 Å². The third kappa shape index (κ3) is 3.86. The van der Waals surface area contributed by atoms with E-state index in [1.54, 1.807) is 12.3 Å². The molecule has 1 unspecified atom stereocenters. The molecule has 104 valence electrons. The van der Waals surface area contributed by atoms with E-state index < -0.39 is 0 Å². The molecule has 2 heterocycles. The smallest absolute Gasteiger partial charge is 0.270 e. The summed E-state index contributed by atoms with van der Waals surface area (Å²) in [4.78, 5) is 16.2. The summed E-state index contributed by atoms with van der Waals surface area (Å²) in [6.07, 6.45) is 4.08. The number of hydrogen-bond acceptors (Lipinski definition) is 4. The highest BCUT2D eigenvalue weighted by Gasteiger charge is 2.29. The summed E-state index contributed by atoms with van der Waals surface area (Å²) in [6.45, 7) is 5.79. The number of aromatic nitrogens is 1. The Hall–Kier alpha value is -1.23. The Kier molecular flexibility index (Phi) is 4.69. The molecule has 1 saturated heterocycles. The second-order valence-electron chi connectivity index (χ2n) is 5.04. The summed E-state index contributed by atoms with van der Waals surface area (Å²) in [5.74, 6) is 1.11. The molecule has 1 aliphatic heterocycles. The summed E-state index contributed by atoms with van der Waals surface area (Å²) in [6, 6.07) is 3.66. The van der Waals surface area contributed by atoms with E-state index in [4.69, 9.17) is 0 Å². The number of nitrogens with zero attached hydrogens (tertiary/aromatic N) is 1. The van der Waals surface area contributed by atoms with E-state index in [1.807, 2.05) is 24.8 Å². The van der Waals surface area contributed by atoms with Crippen LogP contribution in [0.25, 0.3) is 0 Å². The molecule has 1 amide bonds. The van der Waals surface area contributed by atoms with Crippen molar-refractivity contribution in [2.75, 3.05) is 24.2 Å². The van der Waals surface area contributed by atoms with Crippen LogP contribution in [0.15, 0.2) is 18.3 Å². The molecule has 0 aromatic carbocycles. The maximum Gasteiger partial charge on any atom is 0.270 e. The van der Waals surface area contributed by atoms with E-state index in [0.717, 1.165) is 12.2 Å². The number of nitrogens with one attached hydrogen (secondary N) is 2. The van der Waals surface area contributed by atoms with E-state index in [9.17, 15) is 4.79 Å². The molecule has 1 aliphatic rings. The third-order valence-electron chi connectivity index (χ3n) is 3.30. The topological polar surface area (TPSA) is 54.0 Å². The summed E-state index contributed by atoms with van der Waals surface area (Å²) >= 11 is 1.95. The van der Waals surface area contributed by atoms with Crippen molar-refractivity contribution in [3.8, 4) is 0 Å². The van der Waals surface area contributed by atoms with Crippen LogP contribution in [-0.2, 0) is 0 Å². The molecule has 0 spiro atoms. The van der Waals surface area contributed by atoms with Crippen molar-refractivity contribution in [1.82, 2.24) is 10.3 Å². The van der Waals surface area contributed by atoms with Crippen LogP contribution in [0.5, 0.6) is 0 Å². The maximum absolute atomic E-state index is 12.1. The van der Waals surface area contributed by atoms with Gasteiger partial charge in [-0.1, -0.05) is 0 Å². The van der Waals surface area contributed by atoms with Crippen molar-refractivity contribution in [2.24, 2.45) is 0 Å². The first-order valence-electron chi connectivity index (χ1n) is 6.75. The Balaban J connectivity index is 1.93. The highest BCUT2D eigenvalue weighted by atomic mass is 32.2. The first-order valence-corrected chi connectivity index (χ1v) is 7.74. The second kappa shape index (κ2) is 6.28. The van der Waals surface area contributed by atoms with Gasteiger partial charge in [0.25, 0.3) is 5.91 Å². The van der Waals surface area contributed by atoms with Crippen LogP contribution >= 0.6 is 11.8 Å². The minimum atomic E-state index is -0.0894. The number of carbonyl (C=O) groups is 1. The molecule has 19 heavy (non-hydrogen) atoms. The number of thioether (sulfide) groups is 1. The van der Waals surface area contributed by atoms with Gasteiger partial charge in [-0.05, 0) is 44.6 Å². The van der Waals surface area contributed by atoms with Crippen molar-refractivity contribution in [1.29, 1.82) is 0 Å². The molecule has 1 aromatic rings. The number of hydrogen-bond donors (Lipinski definition) is 2. The first kappa shape index (κ1) is 14.2. The lowest BCUT2D eigenvalue weighted by atomic mass is 10.1. The van der Waals surface area contributed by atoms with Crippen molar-refractivity contribution >= 4 is 23.4 Å². The molecule has 0 saturated carbocycles. The molecular formula is C14H21N3OS. The number of amides is 1. The molecule has 1 fully saturated rings. The minimum absolute atomic E-state index is 0.0894. The van der Waals surface area contributed by atoms with Gasteiger partial charge < -0.3 is 10.6 Å². The van der Waals surface area contributed by atoms with Gasteiger partial charge in [0.1, 0.15) is 5.69 Å². The van der Waals surface area contributed by atoms with Gasteiger partial charge in [0.15, 0.2) is 0 Å². The normalized spacial score (nSPS) is 22.2. The van der Waals surface area contributed by atoms with Crippen molar-refractivity contribution in [2.45, 2.75) is 31.4 Å². The van der Waals surface area contributed by atoms with Gasteiger partial charge in [-0.3, -0.25) is 9.78 Å². The number of anilines is 1. The van der Waals surface area contributed by atoms with E-state index in [2.05, 4.69) is 22.5 Å². The lowest BCUT2D eigenvalue weighted by molar-refractivity contribution is 0.0945. The number of carbonyl (C=O) groups excluding carboxylic acids is 1. The highest BCUT2D eigenvalue weighted by Crippen LogP contribution is 2.36.